The molecule has 3 heterocycles. The van der Waals surface area contributed by atoms with Gasteiger partial charge in [-0.2, -0.15) is 0 Å². The van der Waals surface area contributed by atoms with Crippen molar-refractivity contribution in [2.75, 3.05) is 6.54 Å². The van der Waals surface area contributed by atoms with Crippen molar-refractivity contribution in [3.63, 3.8) is 0 Å². The van der Waals surface area contributed by atoms with Gasteiger partial charge in [-0.15, -0.1) is 21.5 Å². The van der Waals surface area contributed by atoms with E-state index in [4.69, 9.17) is 0 Å². The average molecular weight is 329 g/mol. The van der Waals surface area contributed by atoms with Crippen molar-refractivity contribution in [1.29, 1.82) is 0 Å². The fraction of sp³-hybridized carbons (Fsp3) is 0.312. The molecule has 0 aromatic carbocycles. The van der Waals surface area contributed by atoms with Crippen LogP contribution in [0.4, 0.5) is 4.79 Å². The Labute approximate surface area is 138 Å². The summed E-state index contributed by atoms with van der Waals surface area (Å²) in [5, 5.41) is 15.9. The Morgan fingerprint density at radius 2 is 2.17 bits per heavy atom. The van der Waals surface area contributed by atoms with Gasteiger partial charge in [0.15, 0.2) is 11.5 Å². The third-order valence-corrected chi connectivity index (χ3v) is 4.43. The summed E-state index contributed by atoms with van der Waals surface area (Å²) in [6.07, 6.45) is 2.86. The van der Waals surface area contributed by atoms with Gasteiger partial charge in [-0.25, -0.2) is 4.79 Å². The molecular weight excluding hydrogens is 310 g/mol. The van der Waals surface area contributed by atoms with Crippen molar-refractivity contribution in [1.82, 2.24) is 25.2 Å². The quantitative estimate of drug-likeness (QED) is 0.730. The number of fused-ring (bicyclic) bond motifs is 1. The second kappa shape index (κ2) is 7.23. The second-order valence-electron chi connectivity index (χ2n) is 5.50. The molecule has 0 fully saturated rings. The Kier molecular flexibility index (Phi) is 4.87. The van der Waals surface area contributed by atoms with E-state index in [9.17, 15) is 4.79 Å². The van der Waals surface area contributed by atoms with Gasteiger partial charge in [0, 0.05) is 17.6 Å². The standard InChI is InChI=1S/C16H19N5OS/c1-12(9-13-5-4-8-23-13)10-17-16(22)18-11-15-20-19-14-6-2-3-7-21(14)15/h2-8,12H,9-11H2,1H3,(H2,17,18,22)/t12-/m1/s1. The minimum absolute atomic E-state index is 0.185. The zero-order valence-electron chi connectivity index (χ0n) is 12.9. The number of nitrogens with zero attached hydrogens (tertiary/aromatic N) is 3. The molecule has 3 rings (SSSR count). The number of aromatic nitrogens is 3. The third-order valence-electron chi connectivity index (χ3n) is 3.53. The molecule has 1 atom stereocenters. The molecule has 0 saturated carbocycles. The molecule has 3 aromatic rings. The van der Waals surface area contributed by atoms with Crippen molar-refractivity contribution in [3.05, 3.63) is 52.6 Å². The predicted octanol–water partition coefficient (Wildman–Crippen LogP) is 2.47. The molecule has 3 aromatic heterocycles. The summed E-state index contributed by atoms with van der Waals surface area (Å²) in [6.45, 7) is 3.12. The van der Waals surface area contributed by atoms with Crippen molar-refractivity contribution < 1.29 is 4.79 Å². The van der Waals surface area contributed by atoms with Crippen LogP contribution in [0.15, 0.2) is 41.9 Å². The molecule has 0 radical (unpaired) electrons. The molecule has 2 amide bonds. The molecule has 120 valence electrons. The zero-order valence-corrected chi connectivity index (χ0v) is 13.7. The van der Waals surface area contributed by atoms with Crippen LogP contribution in [-0.4, -0.2) is 27.2 Å². The maximum Gasteiger partial charge on any atom is 0.315 e. The molecular formula is C16H19N5OS. The lowest BCUT2D eigenvalue weighted by Crippen LogP contribution is -2.38. The summed E-state index contributed by atoms with van der Waals surface area (Å²) in [5.41, 5.74) is 0.772. The minimum atomic E-state index is -0.185. The highest BCUT2D eigenvalue weighted by Crippen LogP contribution is 2.13. The normalized spacial score (nSPS) is 12.2. The molecule has 0 aliphatic carbocycles. The van der Waals surface area contributed by atoms with Crippen molar-refractivity contribution in [2.45, 2.75) is 19.9 Å². The zero-order chi connectivity index (χ0) is 16.1. The van der Waals surface area contributed by atoms with Crippen LogP contribution in [0, 0.1) is 5.92 Å². The van der Waals surface area contributed by atoms with E-state index >= 15 is 0 Å². The molecule has 0 bridgehead atoms. The van der Waals surface area contributed by atoms with Gasteiger partial charge in [-0.1, -0.05) is 19.1 Å². The smallest absolute Gasteiger partial charge is 0.315 e. The molecule has 0 spiro atoms. The van der Waals surface area contributed by atoms with Crippen LogP contribution in [0.5, 0.6) is 0 Å². The van der Waals surface area contributed by atoms with Gasteiger partial charge in [-0.05, 0) is 35.9 Å². The summed E-state index contributed by atoms with van der Waals surface area (Å²) in [7, 11) is 0. The second-order valence-corrected chi connectivity index (χ2v) is 6.53. The number of amides is 2. The van der Waals surface area contributed by atoms with Crippen LogP contribution in [0.2, 0.25) is 0 Å². The maximum atomic E-state index is 11.9. The molecule has 0 saturated heterocycles. The highest BCUT2D eigenvalue weighted by Gasteiger charge is 2.09. The lowest BCUT2D eigenvalue weighted by molar-refractivity contribution is 0.238. The van der Waals surface area contributed by atoms with E-state index in [1.807, 2.05) is 28.8 Å². The number of hydrogen-bond donors (Lipinski definition) is 2. The van der Waals surface area contributed by atoms with E-state index < -0.39 is 0 Å². The van der Waals surface area contributed by atoms with Crippen LogP contribution in [0.1, 0.15) is 17.6 Å². The Bertz CT molecular complexity index is 768. The third kappa shape index (κ3) is 4.07. The molecule has 0 unspecified atom stereocenters. The van der Waals surface area contributed by atoms with Crippen LogP contribution < -0.4 is 10.6 Å². The topological polar surface area (TPSA) is 71.3 Å². The van der Waals surface area contributed by atoms with E-state index in [0.717, 1.165) is 12.1 Å². The SMILES string of the molecule is C[C@@H](CNC(=O)NCc1nnc2ccccn12)Cc1cccs1. The van der Waals surface area contributed by atoms with Gasteiger partial charge in [-0.3, -0.25) is 4.40 Å². The highest BCUT2D eigenvalue weighted by atomic mass is 32.1. The summed E-state index contributed by atoms with van der Waals surface area (Å²) in [4.78, 5) is 13.2. The van der Waals surface area contributed by atoms with Gasteiger partial charge in [0.2, 0.25) is 0 Å². The molecule has 23 heavy (non-hydrogen) atoms. The first-order chi connectivity index (χ1) is 11.2. The van der Waals surface area contributed by atoms with E-state index in [1.165, 1.54) is 4.88 Å². The van der Waals surface area contributed by atoms with Crippen molar-refractivity contribution >= 4 is 23.0 Å². The van der Waals surface area contributed by atoms with Gasteiger partial charge in [0.1, 0.15) is 0 Å². The fourth-order valence-corrected chi connectivity index (χ4v) is 3.21. The fourth-order valence-electron chi connectivity index (χ4n) is 2.34. The van der Waals surface area contributed by atoms with E-state index in [1.54, 1.807) is 11.3 Å². The van der Waals surface area contributed by atoms with Crippen LogP contribution in [-0.2, 0) is 13.0 Å². The predicted molar refractivity (Wildman–Crippen MR) is 90.4 cm³/mol. The van der Waals surface area contributed by atoms with Gasteiger partial charge in [0.25, 0.3) is 0 Å². The Balaban J connectivity index is 1.44. The molecule has 0 aliphatic heterocycles. The summed E-state index contributed by atoms with van der Waals surface area (Å²) >= 11 is 1.75. The van der Waals surface area contributed by atoms with Crippen LogP contribution in [0.3, 0.4) is 0 Å². The lowest BCUT2D eigenvalue weighted by Gasteiger charge is -2.12. The number of hydrogen-bond acceptors (Lipinski definition) is 4. The molecule has 7 heteroatoms. The number of thiophene rings is 1. The average Bonchev–Trinajstić information content (AvgIpc) is 3.20. The largest absolute Gasteiger partial charge is 0.338 e. The number of pyridine rings is 1. The van der Waals surface area contributed by atoms with Crippen LogP contribution in [0.25, 0.3) is 5.65 Å². The highest BCUT2D eigenvalue weighted by molar-refractivity contribution is 7.09. The molecule has 2 N–H and O–H groups in total. The first kappa shape index (κ1) is 15.5. The summed E-state index contributed by atoms with van der Waals surface area (Å²) in [5.74, 6) is 1.11. The van der Waals surface area contributed by atoms with Gasteiger partial charge >= 0.3 is 6.03 Å². The Hall–Kier alpha value is -2.41. The lowest BCUT2D eigenvalue weighted by atomic mass is 10.1. The van der Waals surface area contributed by atoms with Gasteiger partial charge in [0.05, 0.1) is 6.54 Å². The first-order valence-electron chi connectivity index (χ1n) is 7.55. The Morgan fingerprint density at radius 1 is 1.26 bits per heavy atom. The number of rotatable bonds is 6. The first-order valence-corrected chi connectivity index (χ1v) is 8.43. The van der Waals surface area contributed by atoms with E-state index in [2.05, 4.69) is 45.3 Å². The van der Waals surface area contributed by atoms with E-state index in [-0.39, 0.29) is 6.03 Å². The van der Waals surface area contributed by atoms with Crippen molar-refractivity contribution in [3.8, 4) is 0 Å². The van der Waals surface area contributed by atoms with Gasteiger partial charge < -0.3 is 10.6 Å². The monoisotopic (exact) mass is 329 g/mol. The molecule has 6 nitrogen and oxygen atoms in total. The molecule has 0 aliphatic rings. The number of urea groups is 1. The van der Waals surface area contributed by atoms with Crippen LogP contribution >= 0.6 is 11.3 Å². The van der Waals surface area contributed by atoms with Crippen molar-refractivity contribution in [2.24, 2.45) is 5.92 Å². The number of carbonyl (C=O) groups is 1. The summed E-state index contributed by atoms with van der Waals surface area (Å²) < 4.78 is 1.86. The van der Waals surface area contributed by atoms with E-state index in [0.29, 0.717) is 24.8 Å². The number of carbonyl (C=O) groups excluding carboxylic acids is 1. The minimum Gasteiger partial charge on any atom is -0.338 e. The number of nitrogens with one attached hydrogen (secondary N) is 2. The maximum absolute atomic E-state index is 11.9. The Morgan fingerprint density at radius 3 is 3.00 bits per heavy atom. The summed E-state index contributed by atoms with van der Waals surface area (Å²) in [6, 6.07) is 9.68.